The summed E-state index contributed by atoms with van der Waals surface area (Å²) in [6, 6.07) is 1.32. The molecule has 2 rings (SSSR count). The molecule has 2 heteroatoms. The zero-order valence-corrected chi connectivity index (χ0v) is 30.0. The molecule has 0 bridgehead atoms. The Kier molecular flexibility index (Phi) is 19.0. The van der Waals surface area contributed by atoms with Gasteiger partial charge in [0.15, 0.2) is 0 Å². The lowest BCUT2D eigenvalue weighted by Gasteiger charge is -2.53. The van der Waals surface area contributed by atoms with E-state index < -0.39 is 0 Å². The van der Waals surface area contributed by atoms with E-state index in [0.717, 1.165) is 0 Å². The summed E-state index contributed by atoms with van der Waals surface area (Å²) in [5, 5.41) is 0. The summed E-state index contributed by atoms with van der Waals surface area (Å²) in [5.74, 6) is 0. The molecule has 2 atom stereocenters. The maximum atomic E-state index is 3.07. The molecule has 1 heterocycles. The fraction of sp³-hybridized carbons (Fsp3) is 0.850. The number of anilines is 2. The molecule has 0 radical (unpaired) electrons. The zero-order chi connectivity index (χ0) is 30.7. The molecule has 0 amide bonds. The van der Waals surface area contributed by atoms with Gasteiger partial charge < -0.3 is 9.80 Å². The van der Waals surface area contributed by atoms with Gasteiger partial charge in [-0.1, -0.05) is 120 Å². The van der Waals surface area contributed by atoms with Crippen LogP contribution in [0.4, 0.5) is 11.4 Å². The lowest BCUT2D eigenvalue weighted by molar-refractivity contribution is 0.375. The second kappa shape index (κ2) is 21.5. The molecule has 1 aromatic carbocycles. The number of fused-ring (bicyclic) bond motifs is 1. The molecule has 1 aromatic rings. The molecule has 0 saturated carbocycles. The maximum absolute atomic E-state index is 3.07. The van der Waals surface area contributed by atoms with Gasteiger partial charge in [-0.25, -0.2) is 0 Å². The Bertz CT molecular complexity index is 774. The van der Waals surface area contributed by atoms with Gasteiger partial charge in [-0.15, -0.1) is 0 Å². The molecule has 0 N–H and O–H groups in total. The van der Waals surface area contributed by atoms with Crippen molar-refractivity contribution in [3.05, 3.63) is 22.3 Å². The van der Waals surface area contributed by atoms with Crippen LogP contribution in [-0.4, -0.2) is 25.2 Å². The van der Waals surface area contributed by atoms with Crippen molar-refractivity contribution in [3.8, 4) is 0 Å². The third-order valence-corrected chi connectivity index (χ3v) is 10.0. The standard InChI is InChI=1S/C40H74N2/c1-9-17-25-33-34(26-18-10-2)36(28-20-12-4)40-39(35(33)27-19-11-3)41(31-23-15-7)37(29-21-13-5)38(30-22-14-6)42(40)32-24-16-8/h37-38H,9-32H2,1-8H3. The number of rotatable bonds is 24. The van der Waals surface area contributed by atoms with Crippen molar-refractivity contribution >= 4 is 11.4 Å². The lowest BCUT2D eigenvalue weighted by Crippen LogP contribution is -2.57. The van der Waals surface area contributed by atoms with Gasteiger partial charge >= 0.3 is 0 Å². The van der Waals surface area contributed by atoms with Gasteiger partial charge in [-0.3, -0.25) is 0 Å². The van der Waals surface area contributed by atoms with Gasteiger partial charge in [0.2, 0.25) is 0 Å². The molecular weight excluding hydrogens is 508 g/mol. The lowest BCUT2D eigenvalue weighted by atomic mass is 9.79. The molecule has 0 aliphatic carbocycles. The molecule has 1 aliphatic heterocycles. The SMILES string of the molecule is CCCCc1c(CCCC)c(CCCC)c2c(c1CCCC)N(CCCC)C(CCCC)C(CCCC)N2CCCC. The monoisotopic (exact) mass is 583 g/mol. The normalized spacial score (nSPS) is 16.9. The van der Waals surface area contributed by atoms with E-state index in [4.69, 9.17) is 0 Å². The minimum atomic E-state index is 0.660. The van der Waals surface area contributed by atoms with Crippen molar-refractivity contribution < 1.29 is 0 Å². The first kappa shape index (κ1) is 37.0. The number of benzene rings is 1. The van der Waals surface area contributed by atoms with Crippen LogP contribution in [0, 0.1) is 0 Å². The first-order valence-corrected chi connectivity index (χ1v) is 19.3. The molecule has 0 fully saturated rings. The third-order valence-electron chi connectivity index (χ3n) is 10.0. The summed E-state index contributed by atoms with van der Waals surface area (Å²) in [6.07, 6.45) is 28.8. The molecule has 0 aromatic heterocycles. The van der Waals surface area contributed by atoms with Crippen LogP contribution in [0.25, 0.3) is 0 Å². The summed E-state index contributed by atoms with van der Waals surface area (Å²) in [6.45, 7) is 21.7. The Morgan fingerprint density at radius 2 is 0.643 bits per heavy atom. The highest BCUT2D eigenvalue weighted by atomic mass is 15.3. The number of unbranched alkanes of at least 4 members (excludes halogenated alkanes) is 8. The Balaban J connectivity index is 3.07. The Morgan fingerprint density at radius 1 is 0.357 bits per heavy atom. The predicted octanol–water partition coefficient (Wildman–Crippen LogP) is 12.4. The second-order valence-electron chi connectivity index (χ2n) is 13.5. The molecule has 2 nitrogen and oxygen atoms in total. The first-order chi connectivity index (χ1) is 20.6. The van der Waals surface area contributed by atoms with Crippen molar-refractivity contribution in [1.82, 2.24) is 0 Å². The van der Waals surface area contributed by atoms with Crippen LogP contribution in [0.1, 0.15) is 193 Å². The van der Waals surface area contributed by atoms with Gasteiger partial charge in [0, 0.05) is 25.2 Å². The predicted molar refractivity (Wildman–Crippen MR) is 192 cm³/mol. The molecule has 42 heavy (non-hydrogen) atoms. The van der Waals surface area contributed by atoms with Gasteiger partial charge in [-0.05, 0) is 99.3 Å². The number of hydrogen-bond acceptors (Lipinski definition) is 2. The minimum absolute atomic E-state index is 0.660. The third kappa shape index (κ3) is 9.92. The Morgan fingerprint density at radius 3 is 0.929 bits per heavy atom. The van der Waals surface area contributed by atoms with E-state index in [0.29, 0.717) is 12.1 Å². The van der Waals surface area contributed by atoms with Gasteiger partial charge in [0.25, 0.3) is 0 Å². The average Bonchev–Trinajstić information content (AvgIpc) is 3.00. The number of nitrogens with zero attached hydrogens (tertiary/aromatic N) is 2. The summed E-state index contributed by atoms with van der Waals surface area (Å²) >= 11 is 0. The fourth-order valence-electron chi connectivity index (χ4n) is 7.59. The largest absolute Gasteiger partial charge is 0.365 e. The second-order valence-corrected chi connectivity index (χ2v) is 13.5. The van der Waals surface area contributed by atoms with E-state index >= 15 is 0 Å². The van der Waals surface area contributed by atoms with Gasteiger partial charge in [0.1, 0.15) is 0 Å². The van der Waals surface area contributed by atoms with E-state index in [2.05, 4.69) is 65.2 Å². The van der Waals surface area contributed by atoms with Gasteiger partial charge in [-0.2, -0.15) is 0 Å². The summed E-state index contributed by atoms with van der Waals surface area (Å²) in [4.78, 5) is 6.13. The van der Waals surface area contributed by atoms with Crippen LogP contribution in [0.15, 0.2) is 0 Å². The van der Waals surface area contributed by atoms with Crippen LogP contribution in [0.2, 0.25) is 0 Å². The molecule has 244 valence electrons. The van der Waals surface area contributed by atoms with E-state index in [1.165, 1.54) is 154 Å². The topological polar surface area (TPSA) is 6.48 Å². The quantitative estimate of drug-likeness (QED) is 0.120. The van der Waals surface area contributed by atoms with Crippen LogP contribution in [-0.2, 0) is 25.7 Å². The Labute approximate surface area is 264 Å². The van der Waals surface area contributed by atoms with E-state index in [-0.39, 0.29) is 0 Å². The molecule has 0 saturated heterocycles. The van der Waals surface area contributed by atoms with Crippen LogP contribution < -0.4 is 9.80 Å². The van der Waals surface area contributed by atoms with E-state index in [9.17, 15) is 0 Å². The summed E-state index contributed by atoms with van der Waals surface area (Å²) in [5.41, 5.74) is 10.7. The maximum Gasteiger partial charge on any atom is 0.0645 e. The van der Waals surface area contributed by atoms with Crippen LogP contribution in [0.3, 0.4) is 0 Å². The van der Waals surface area contributed by atoms with E-state index in [1.54, 1.807) is 22.5 Å². The minimum Gasteiger partial charge on any atom is -0.365 e. The molecule has 2 unspecified atom stereocenters. The first-order valence-electron chi connectivity index (χ1n) is 19.3. The Hall–Kier alpha value is -1.18. The fourth-order valence-corrected chi connectivity index (χ4v) is 7.59. The molecule has 0 spiro atoms. The van der Waals surface area contributed by atoms with Crippen LogP contribution in [0.5, 0.6) is 0 Å². The smallest absolute Gasteiger partial charge is 0.0645 e. The van der Waals surface area contributed by atoms with Crippen molar-refractivity contribution in [2.75, 3.05) is 22.9 Å². The zero-order valence-electron chi connectivity index (χ0n) is 30.0. The number of hydrogen-bond donors (Lipinski definition) is 0. The van der Waals surface area contributed by atoms with Crippen molar-refractivity contribution in [2.24, 2.45) is 0 Å². The highest BCUT2D eigenvalue weighted by Crippen LogP contribution is 2.50. The van der Waals surface area contributed by atoms with Gasteiger partial charge in [0.05, 0.1) is 11.4 Å². The van der Waals surface area contributed by atoms with Crippen molar-refractivity contribution in [3.63, 3.8) is 0 Å². The summed E-state index contributed by atoms with van der Waals surface area (Å²) < 4.78 is 0. The van der Waals surface area contributed by atoms with Crippen molar-refractivity contribution in [1.29, 1.82) is 0 Å². The molecule has 1 aliphatic rings. The highest BCUT2D eigenvalue weighted by Gasteiger charge is 2.41. The highest BCUT2D eigenvalue weighted by molar-refractivity contribution is 5.84. The summed E-state index contributed by atoms with van der Waals surface area (Å²) in [7, 11) is 0. The molecular formula is C40H74N2. The van der Waals surface area contributed by atoms with E-state index in [1.807, 2.05) is 11.1 Å². The van der Waals surface area contributed by atoms with Crippen molar-refractivity contribution in [2.45, 2.75) is 209 Å². The average molecular weight is 583 g/mol. The van der Waals surface area contributed by atoms with Crippen LogP contribution >= 0.6 is 0 Å².